The maximum Gasteiger partial charge on any atom is 0.261 e. The lowest BCUT2D eigenvalue weighted by Gasteiger charge is -2.08. The largest absolute Gasteiger partial charge is 0.497 e. The van der Waals surface area contributed by atoms with E-state index in [9.17, 15) is 8.42 Å². The van der Waals surface area contributed by atoms with Crippen LogP contribution in [0.5, 0.6) is 5.75 Å². The van der Waals surface area contributed by atoms with Crippen molar-refractivity contribution < 1.29 is 13.2 Å². The van der Waals surface area contributed by atoms with Crippen molar-refractivity contribution in [1.82, 2.24) is 4.98 Å². The SMILES string of the molecule is CCc1nc2ccc(NS(=O)(=O)c3ccc(OC)cc3)cc2s1. The van der Waals surface area contributed by atoms with Gasteiger partial charge < -0.3 is 4.74 Å². The van der Waals surface area contributed by atoms with Crippen LogP contribution in [-0.2, 0) is 16.4 Å². The Morgan fingerprint density at radius 3 is 2.57 bits per heavy atom. The molecule has 0 bridgehead atoms. The third kappa shape index (κ3) is 3.30. The molecule has 0 radical (unpaired) electrons. The molecule has 0 unspecified atom stereocenters. The minimum absolute atomic E-state index is 0.192. The van der Waals surface area contributed by atoms with Gasteiger partial charge in [-0.2, -0.15) is 0 Å². The van der Waals surface area contributed by atoms with E-state index >= 15 is 0 Å². The van der Waals surface area contributed by atoms with Crippen LogP contribution in [0.25, 0.3) is 10.2 Å². The molecule has 0 saturated carbocycles. The van der Waals surface area contributed by atoms with E-state index in [0.717, 1.165) is 21.6 Å². The van der Waals surface area contributed by atoms with E-state index in [2.05, 4.69) is 9.71 Å². The molecule has 1 heterocycles. The third-order valence-corrected chi connectivity index (χ3v) is 5.92. The summed E-state index contributed by atoms with van der Waals surface area (Å²) < 4.78 is 33.5. The van der Waals surface area contributed by atoms with Crippen LogP contribution in [0.1, 0.15) is 11.9 Å². The van der Waals surface area contributed by atoms with Gasteiger partial charge in [-0.15, -0.1) is 11.3 Å². The lowest BCUT2D eigenvalue weighted by Crippen LogP contribution is -2.12. The molecular formula is C16H16N2O3S2. The maximum absolute atomic E-state index is 12.4. The molecule has 23 heavy (non-hydrogen) atoms. The first-order valence-electron chi connectivity index (χ1n) is 7.08. The normalized spacial score (nSPS) is 11.6. The molecule has 0 aliphatic carbocycles. The van der Waals surface area contributed by atoms with Crippen molar-refractivity contribution in [3.05, 3.63) is 47.5 Å². The third-order valence-electron chi connectivity index (χ3n) is 3.36. The van der Waals surface area contributed by atoms with E-state index in [1.807, 2.05) is 19.1 Å². The van der Waals surface area contributed by atoms with Crippen LogP contribution < -0.4 is 9.46 Å². The molecule has 0 aliphatic heterocycles. The van der Waals surface area contributed by atoms with Crippen molar-refractivity contribution in [3.8, 4) is 5.75 Å². The van der Waals surface area contributed by atoms with E-state index < -0.39 is 10.0 Å². The molecular weight excluding hydrogens is 332 g/mol. The predicted molar refractivity (Wildman–Crippen MR) is 92.8 cm³/mol. The molecule has 0 amide bonds. The Kier molecular flexibility index (Phi) is 4.23. The molecule has 7 heteroatoms. The highest BCUT2D eigenvalue weighted by molar-refractivity contribution is 7.92. The molecule has 120 valence electrons. The number of thiazole rings is 1. The minimum atomic E-state index is -3.63. The van der Waals surface area contributed by atoms with E-state index in [1.165, 1.54) is 19.2 Å². The number of rotatable bonds is 5. The number of methoxy groups -OCH3 is 1. The quantitative estimate of drug-likeness (QED) is 0.764. The van der Waals surface area contributed by atoms with Gasteiger partial charge in [0.2, 0.25) is 0 Å². The molecule has 2 aromatic carbocycles. The van der Waals surface area contributed by atoms with Crippen molar-refractivity contribution >= 4 is 37.3 Å². The molecule has 1 aromatic heterocycles. The predicted octanol–water partition coefficient (Wildman–Crippen LogP) is 3.67. The zero-order chi connectivity index (χ0) is 16.4. The Bertz CT molecular complexity index is 932. The zero-order valence-electron chi connectivity index (χ0n) is 12.7. The Labute approximate surface area is 139 Å². The Hall–Kier alpha value is -2.12. The van der Waals surface area contributed by atoms with Crippen LogP contribution >= 0.6 is 11.3 Å². The van der Waals surface area contributed by atoms with E-state index in [0.29, 0.717) is 11.4 Å². The molecule has 1 N–H and O–H groups in total. The molecule has 5 nitrogen and oxygen atoms in total. The summed E-state index contributed by atoms with van der Waals surface area (Å²) in [4.78, 5) is 4.67. The summed E-state index contributed by atoms with van der Waals surface area (Å²) in [7, 11) is -2.09. The summed E-state index contributed by atoms with van der Waals surface area (Å²) in [5.41, 5.74) is 1.42. The second-order valence-corrected chi connectivity index (χ2v) is 7.72. The standard InChI is InChI=1S/C16H16N2O3S2/c1-3-16-17-14-9-4-11(10-15(14)22-16)18-23(19,20)13-7-5-12(21-2)6-8-13/h4-10,18H,3H2,1-2H3. The fraction of sp³-hybridized carbons (Fsp3) is 0.188. The molecule has 3 rings (SSSR count). The number of benzene rings is 2. The lowest BCUT2D eigenvalue weighted by atomic mass is 10.3. The number of sulfonamides is 1. The summed E-state index contributed by atoms with van der Waals surface area (Å²) >= 11 is 1.58. The van der Waals surface area contributed by atoms with Crippen molar-refractivity contribution in [2.75, 3.05) is 11.8 Å². The van der Waals surface area contributed by atoms with Crippen LogP contribution in [0.3, 0.4) is 0 Å². The second-order valence-electron chi connectivity index (χ2n) is 4.92. The van der Waals surface area contributed by atoms with Crippen molar-refractivity contribution in [2.24, 2.45) is 0 Å². The minimum Gasteiger partial charge on any atom is -0.497 e. The summed E-state index contributed by atoms with van der Waals surface area (Å²) in [6, 6.07) is 11.6. The van der Waals surface area contributed by atoms with Crippen molar-refractivity contribution in [2.45, 2.75) is 18.2 Å². The number of fused-ring (bicyclic) bond motifs is 1. The summed E-state index contributed by atoms with van der Waals surface area (Å²) in [5.74, 6) is 0.613. The number of aryl methyl sites for hydroxylation is 1. The Morgan fingerprint density at radius 2 is 1.91 bits per heavy atom. The number of hydrogen-bond donors (Lipinski definition) is 1. The number of nitrogens with zero attached hydrogens (tertiary/aromatic N) is 1. The van der Waals surface area contributed by atoms with Gasteiger partial charge in [-0.1, -0.05) is 6.92 Å². The fourth-order valence-corrected chi connectivity index (χ4v) is 4.15. The summed E-state index contributed by atoms with van der Waals surface area (Å²) in [6.45, 7) is 2.05. The molecule has 0 atom stereocenters. The fourth-order valence-electron chi connectivity index (χ4n) is 2.16. The van der Waals surface area contributed by atoms with Gasteiger partial charge in [-0.25, -0.2) is 13.4 Å². The lowest BCUT2D eigenvalue weighted by molar-refractivity contribution is 0.414. The highest BCUT2D eigenvalue weighted by Gasteiger charge is 2.15. The molecule has 0 spiro atoms. The second kappa shape index (κ2) is 6.17. The zero-order valence-corrected chi connectivity index (χ0v) is 14.4. The van der Waals surface area contributed by atoms with Gasteiger partial charge in [-0.05, 0) is 48.9 Å². The van der Waals surface area contributed by atoms with Crippen LogP contribution in [0, 0.1) is 0 Å². The van der Waals surface area contributed by atoms with Crippen LogP contribution in [-0.4, -0.2) is 20.5 Å². The Morgan fingerprint density at radius 1 is 1.17 bits per heavy atom. The van der Waals surface area contributed by atoms with Crippen molar-refractivity contribution in [1.29, 1.82) is 0 Å². The van der Waals surface area contributed by atoms with Crippen LogP contribution in [0.2, 0.25) is 0 Å². The number of hydrogen-bond acceptors (Lipinski definition) is 5. The van der Waals surface area contributed by atoms with Crippen LogP contribution in [0.4, 0.5) is 5.69 Å². The number of anilines is 1. The van der Waals surface area contributed by atoms with Gasteiger partial charge in [0.1, 0.15) is 5.75 Å². The first-order chi connectivity index (χ1) is 11.0. The molecule has 0 fully saturated rings. The van der Waals surface area contributed by atoms with E-state index in [1.54, 1.807) is 29.5 Å². The molecule has 0 aliphatic rings. The van der Waals surface area contributed by atoms with Gasteiger partial charge in [0.15, 0.2) is 0 Å². The summed E-state index contributed by atoms with van der Waals surface area (Å²) in [6.07, 6.45) is 0.867. The maximum atomic E-state index is 12.4. The number of aromatic nitrogens is 1. The average Bonchev–Trinajstić information content (AvgIpc) is 2.97. The highest BCUT2D eigenvalue weighted by Crippen LogP contribution is 2.27. The number of nitrogens with one attached hydrogen (secondary N) is 1. The van der Waals surface area contributed by atoms with Gasteiger partial charge in [0.05, 0.1) is 32.9 Å². The molecule has 3 aromatic rings. The van der Waals surface area contributed by atoms with E-state index in [4.69, 9.17) is 4.74 Å². The highest BCUT2D eigenvalue weighted by atomic mass is 32.2. The smallest absolute Gasteiger partial charge is 0.261 e. The van der Waals surface area contributed by atoms with Crippen molar-refractivity contribution in [3.63, 3.8) is 0 Å². The first kappa shape index (κ1) is 15.8. The van der Waals surface area contributed by atoms with Gasteiger partial charge in [0, 0.05) is 0 Å². The summed E-state index contributed by atoms with van der Waals surface area (Å²) in [5, 5.41) is 1.04. The first-order valence-corrected chi connectivity index (χ1v) is 9.38. The van der Waals surface area contributed by atoms with Crippen LogP contribution in [0.15, 0.2) is 47.4 Å². The molecule has 0 saturated heterocycles. The Balaban J connectivity index is 1.89. The average molecular weight is 348 g/mol. The monoisotopic (exact) mass is 348 g/mol. The van der Waals surface area contributed by atoms with E-state index in [-0.39, 0.29) is 4.90 Å². The van der Waals surface area contributed by atoms with Gasteiger partial charge >= 0.3 is 0 Å². The number of ether oxygens (including phenoxy) is 1. The van der Waals surface area contributed by atoms with Gasteiger partial charge in [0.25, 0.3) is 10.0 Å². The topological polar surface area (TPSA) is 68.3 Å². The van der Waals surface area contributed by atoms with Gasteiger partial charge in [-0.3, -0.25) is 4.72 Å².